The van der Waals surface area contributed by atoms with E-state index >= 15 is 0 Å². The van der Waals surface area contributed by atoms with Crippen LogP contribution in [-0.2, 0) is 16.6 Å². The molecule has 0 radical (unpaired) electrons. The molecule has 0 amide bonds. The fourth-order valence-electron chi connectivity index (χ4n) is 3.82. The van der Waals surface area contributed by atoms with E-state index in [1.54, 1.807) is 36.0 Å². The lowest BCUT2D eigenvalue weighted by Crippen LogP contribution is -2.17. The van der Waals surface area contributed by atoms with Crippen LogP contribution in [-0.4, -0.2) is 12.4 Å². The van der Waals surface area contributed by atoms with Gasteiger partial charge in [0.15, 0.2) is 0 Å². The Hall–Kier alpha value is -3.48. The van der Waals surface area contributed by atoms with Crippen LogP contribution in [0, 0.1) is 0 Å². The van der Waals surface area contributed by atoms with Gasteiger partial charge in [0.1, 0.15) is 0 Å². The number of hydrogen-bond acceptors (Lipinski definition) is 4. The Balaban J connectivity index is 1.72. The number of nitrogens with zero attached hydrogens (tertiary/aromatic N) is 1. The molecule has 0 aliphatic carbocycles. The zero-order chi connectivity index (χ0) is 22.7. The summed E-state index contributed by atoms with van der Waals surface area (Å²) in [4.78, 5) is 2.25. The van der Waals surface area contributed by atoms with Crippen LogP contribution in [0.1, 0.15) is 5.69 Å². The Bertz CT molecular complexity index is 1480. The van der Waals surface area contributed by atoms with Gasteiger partial charge in [0.2, 0.25) is 0 Å². The van der Waals surface area contributed by atoms with Gasteiger partial charge in [-0.1, -0.05) is 84.6 Å². The summed E-state index contributed by atoms with van der Waals surface area (Å²) in [6, 6.07) is 36.1. The second-order valence-corrected chi connectivity index (χ2v) is 10.4. The van der Waals surface area contributed by atoms with E-state index in [4.69, 9.17) is 0 Å². The van der Waals surface area contributed by atoms with Crippen molar-refractivity contribution in [2.24, 2.45) is 0 Å². The first-order valence-corrected chi connectivity index (χ1v) is 12.8. The van der Waals surface area contributed by atoms with E-state index in [1.165, 1.54) is 3.97 Å². The minimum Gasteiger partial charge on any atom is -0.379 e. The first-order valence-electron chi connectivity index (χ1n) is 10.6. The zero-order valence-electron chi connectivity index (χ0n) is 17.8. The van der Waals surface area contributed by atoms with E-state index < -0.39 is 10.0 Å². The quantitative estimate of drug-likeness (QED) is 0.290. The van der Waals surface area contributed by atoms with Crippen molar-refractivity contribution in [1.29, 1.82) is 0 Å². The van der Waals surface area contributed by atoms with Crippen LogP contribution in [0.4, 0.5) is 5.69 Å². The Labute approximate surface area is 198 Å². The van der Waals surface area contributed by atoms with E-state index in [9.17, 15) is 8.42 Å². The molecule has 0 atom stereocenters. The third-order valence-electron chi connectivity index (χ3n) is 5.35. The molecule has 0 aliphatic heterocycles. The van der Waals surface area contributed by atoms with Gasteiger partial charge in [-0.25, -0.2) is 12.4 Å². The molecule has 4 nitrogen and oxygen atoms in total. The minimum absolute atomic E-state index is 0.267. The van der Waals surface area contributed by atoms with E-state index in [0.717, 1.165) is 20.9 Å². The summed E-state index contributed by atoms with van der Waals surface area (Å²) in [7, 11) is -3.81. The third-order valence-corrected chi connectivity index (χ3v) is 8.29. The number of nitrogens with one attached hydrogen (secondary N) is 1. The van der Waals surface area contributed by atoms with Crippen molar-refractivity contribution in [1.82, 2.24) is 3.97 Å². The first kappa shape index (κ1) is 21.4. The van der Waals surface area contributed by atoms with Gasteiger partial charge in [-0.05, 0) is 42.5 Å². The third kappa shape index (κ3) is 4.27. The maximum absolute atomic E-state index is 13.9. The van der Waals surface area contributed by atoms with Gasteiger partial charge in [-0.3, -0.25) is 0 Å². The van der Waals surface area contributed by atoms with Crippen LogP contribution in [0.2, 0.25) is 0 Å². The van der Waals surface area contributed by atoms with Gasteiger partial charge in [0.05, 0.1) is 22.7 Å². The number of anilines is 1. The van der Waals surface area contributed by atoms with Crippen LogP contribution in [0.3, 0.4) is 0 Å². The van der Waals surface area contributed by atoms with Crippen LogP contribution in [0.15, 0.2) is 130 Å². The van der Waals surface area contributed by atoms with E-state index in [1.807, 2.05) is 91.0 Å². The maximum Gasteiger partial charge on any atom is 0.268 e. The van der Waals surface area contributed by atoms with Gasteiger partial charge in [-0.2, -0.15) is 0 Å². The SMILES string of the molecule is O=S(=O)(c1ccccc1)n1c(CNc2ccccc2)c(Sc2ccccc2)c2ccccc21. The standard InChI is InChI=1S/C27H22N2O2S2/c30-33(31,23-16-8-3-9-17-23)29-25-19-11-10-18-24(25)27(32-22-14-6-2-7-15-22)26(29)20-28-21-12-4-1-5-13-21/h1-19,28H,20H2. The summed E-state index contributed by atoms with van der Waals surface area (Å²) in [6.45, 7) is 0.361. The molecule has 1 N–H and O–H groups in total. The summed E-state index contributed by atoms with van der Waals surface area (Å²) in [5.74, 6) is 0. The molecule has 0 spiro atoms. The van der Waals surface area contributed by atoms with Crippen molar-refractivity contribution in [2.75, 3.05) is 5.32 Å². The molecule has 1 aromatic heterocycles. The number of benzene rings is 4. The normalized spacial score (nSPS) is 11.5. The van der Waals surface area contributed by atoms with Gasteiger partial charge in [-0.15, -0.1) is 0 Å². The highest BCUT2D eigenvalue weighted by molar-refractivity contribution is 7.99. The largest absolute Gasteiger partial charge is 0.379 e. The first-order chi connectivity index (χ1) is 16.1. The van der Waals surface area contributed by atoms with E-state index in [0.29, 0.717) is 17.8 Å². The summed E-state index contributed by atoms with van der Waals surface area (Å²) in [5.41, 5.74) is 2.31. The smallest absolute Gasteiger partial charge is 0.268 e. The second-order valence-electron chi connectivity index (χ2n) is 7.51. The van der Waals surface area contributed by atoms with Crippen molar-refractivity contribution < 1.29 is 8.42 Å². The van der Waals surface area contributed by atoms with Crippen molar-refractivity contribution in [3.63, 3.8) is 0 Å². The Kier molecular flexibility index (Phi) is 5.94. The van der Waals surface area contributed by atoms with Crippen molar-refractivity contribution in [3.05, 3.63) is 121 Å². The lowest BCUT2D eigenvalue weighted by atomic mass is 10.2. The predicted molar refractivity (Wildman–Crippen MR) is 135 cm³/mol. The Morgan fingerprint density at radius 3 is 1.97 bits per heavy atom. The van der Waals surface area contributed by atoms with Gasteiger partial charge in [0.25, 0.3) is 10.0 Å². The molecule has 1 heterocycles. The molecule has 0 saturated heterocycles. The highest BCUT2D eigenvalue weighted by Crippen LogP contribution is 2.40. The van der Waals surface area contributed by atoms with Crippen molar-refractivity contribution >= 4 is 38.4 Å². The number of rotatable bonds is 7. The lowest BCUT2D eigenvalue weighted by molar-refractivity contribution is 0.587. The average molecular weight is 471 g/mol. The topological polar surface area (TPSA) is 51.1 Å². The highest BCUT2D eigenvalue weighted by atomic mass is 32.2. The molecule has 5 aromatic rings. The fourth-order valence-corrected chi connectivity index (χ4v) is 6.55. The summed E-state index contributed by atoms with van der Waals surface area (Å²) >= 11 is 1.59. The van der Waals surface area contributed by atoms with E-state index in [2.05, 4.69) is 5.32 Å². The number of fused-ring (bicyclic) bond motifs is 1. The lowest BCUT2D eigenvalue weighted by Gasteiger charge is -2.14. The number of aromatic nitrogens is 1. The molecule has 164 valence electrons. The molecule has 4 aromatic carbocycles. The number of para-hydroxylation sites is 2. The monoisotopic (exact) mass is 470 g/mol. The van der Waals surface area contributed by atoms with Gasteiger partial charge in [0, 0.05) is 20.9 Å². The summed E-state index contributed by atoms with van der Waals surface area (Å²) in [5, 5.41) is 4.33. The molecule has 33 heavy (non-hydrogen) atoms. The van der Waals surface area contributed by atoms with Crippen molar-refractivity contribution in [2.45, 2.75) is 21.2 Å². The minimum atomic E-state index is -3.81. The Morgan fingerprint density at radius 2 is 1.27 bits per heavy atom. The molecular formula is C27H22N2O2S2. The molecule has 0 bridgehead atoms. The zero-order valence-corrected chi connectivity index (χ0v) is 19.4. The fraction of sp³-hybridized carbons (Fsp3) is 0.0370. The molecule has 0 saturated carbocycles. The van der Waals surface area contributed by atoms with E-state index in [-0.39, 0.29) is 4.90 Å². The van der Waals surface area contributed by atoms with Crippen molar-refractivity contribution in [3.8, 4) is 0 Å². The van der Waals surface area contributed by atoms with Gasteiger partial charge >= 0.3 is 0 Å². The highest BCUT2D eigenvalue weighted by Gasteiger charge is 2.27. The van der Waals surface area contributed by atoms with Crippen LogP contribution < -0.4 is 5.32 Å². The molecule has 5 rings (SSSR count). The van der Waals surface area contributed by atoms with Crippen LogP contribution >= 0.6 is 11.8 Å². The predicted octanol–water partition coefficient (Wildman–Crippen LogP) is 6.64. The molecular weight excluding hydrogens is 448 g/mol. The molecule has 6 heteroatoms. The molecule has 0 aliphatic rings. The average Bonchev–Trinajstić information content (AvgIpc) is 3.18. The summed E-state index contributed by atoms with van der Waals surface area (Å²) in [6.07, 6.45) is 0. The maximum atomic E-state index is 13.9. The summed E-state index contributed by atoms with van der Waals surface area (Å²) < 4.78 is 29.2. The van der Waals surface area contributed by atoms with Crippen LogP contribution in [0.25, 0.3) is 10.9 Å². The van der Waals surface area contributed by atoms with Crippen LogP contribution in [0.5, 0.6) is 0 Å². The second kappa shape index (κ2) is 9.17. The molecule has 0 unspecified atom stereocenters. The van der Waals surface area contributed by atoms with Gasteiger partial charge < -0.3 is 5.32 Å². The number of hydrogen-bond donors (Lipinski definition) is 1. The Morgan fingerprint density at radius 1 is 0.697 bits per heavy atom. The molecule has 0 fully saturated rings.